The fourth-order valence-electron chi connectivity index (χ4n) is 4.98. The van der Waals surface area contributed by atoms with E-state index in [1.165, 1.54) is 5.56 Å². The summed E-state index contributed by atoms with van der Waals surface area (Å²) in [5.74, 6) is 1.05. The Morgan fingerprint density at radius 2 is 1.94 bits per heavy atom. The van der Waals surface area contributed by atoms with Crippen molar-refractivity contribution in [2.24, 2.45) is 5.41 Å². The molecular formula is C24H27N5O2. The molecule has 3 aromatic rings. The van der Waals surface area contributed by atoms with Crippen LogP contribution in [0.3, 0.4) is 0 Å². The lowest BCUT2D eigenvalue weighted by Crippen LogP contribution is -2.42. The summed E-state index contributed by atoms with van der Waals surface area (Å²) in [5.41, 5.74) is 2.03. The minimum atomic E-state index is -0.186. The van der Waals surface area contributed by atoms with Gasteiger partial charge in [-0.25, -0.2) is 0 Å². The van der Waals surface area contributed by atoms with E-state index in [9.17, 15) is 4.79 Å². The van der Waals surface area contributed by atoms with Crippen LogP contribution in [-0.2, 0) is 6.54 Å². The molecule has 0 radical (unpaired) electrons. The second kappa shape index (κ2) is 8.23. The molecule has 1 unspecified atom stereocenters. The number of carbonyl (C=O) groups is 1. The maximum atomic E-state index is 13.4. The Morgan fingerprint density at radius 3 is 2.61 bits per heavy atom. The summed E-state index contributed by atoms with van der Waals surface area (Å²) in [7, 11) is 0. The van der Waals surface area contributed by atoms with Crippen molar-refractivity contribution in [2.45, 2.75) is 38.8 Å². The number of hydrogen-bond acceptors (Lipinski definition) is 6. The molecule has 2 saturated heterocycles. The maximum Gasteiger partial charge on any atom is 0.256 e. The molecule has 2 aliphatic rings. The highest BCUT2D eigenvalue weighted by molar-refractivity contribution is 5.94. The lowest BCUT2D eigenvalue weighted by molar-refractivity contribution is 0.0667. The van der Waals surface area contributed by atoms with Gasteiger partial charge in [-0.15, -0.1) is 10.2 Å². The normalized spacial score (nSPS) is 20.9. The predicted octanol–water partition coefficient (Wildman–Crippen LogP) is 3.64. The van der Waals surface area contributed by atoms with Crippen LogP contribution in [-0.4, -0.2) is 50.5 Å². The highest BCUT2D eigenvalue weighted by atomic mass is 16.4. The molecule has 1 amide bonds. The Labute approximate surface area is 182 Å². The van der Waals surface area contributed by atoms with Gasteiger partial charge >= 0.3 is 0 Å². The number of hydrogen-bond donors (Lipinski definition) is 0. The summed E-state index contributed by atoms with van der Waals surface area (Å²) in [6, 6.07) is 14.0. The summed E-state index contributed by atoms with van der Waals surface area (Å²) >= 11 is 0. The largest absolute Gasteiger partial charge is 0.423 e. The standard InChI is InChI=1S/C24H27N5O2/c1-18-26-27-22(31-18)21-14-24(17-29(21)23(30)20-8-5-11-25-15-20)9-12-28(13-10-24)16-19-6-3-2-4-7-19/h2-8,11,15,21H,9-10,12-14,16-17H2,1H3. The van der Waals surface area contributed by atoms with Crippen molar-refractivity contribution < 1.29 is 9.21 Å². The van der Waals surface area contributed by atoms with Crippen molar-refractivity contribution in [3.05, 3.63) is 77.8 Å². The number of nitrogens with zero attached hydrogens (tertiary/aromatic N) is 5. The van der Waals surface area contributed by atoms with Crippen LogP contribution in [0.2, 0.25) is 0 Å². The van der Waals surface area contributed by atoms with E-state index in [1.54, 1.807) is 25.4 Å². The lowest BCUT2D eigenvalue weighted by atomic mass is 9.76. The zero-order valence-electron chi connectivity index (χ0n) is 17.8. The van der Waals surface area contributed by atoms with Crippen molar-refractivity contribution in [1.29, 1.82) is 0 Å². The van der Waals surface area contributed by atoms with E-state index in [-0.39, 0.29) is 17.4 Å². The van der Waals surface area contributed by atoms with Crippen molar-refractivity contribution in [3.63, 3.8) is 0 Å². The van der Waals surface area contributed by atoms with Gasteiger partial charge in [0.15, 0.2) is 0 Å². The quantitative estimate of drug-likeness (QED) is 0.645. The van der Waals surface area contributed by atoms with Gasteiger partial charge < -0.3 is 9.32 Å². The molecule has 2 fully saturated rings. The molecule has 1 spiro atoms. The molecule has 0 saturated carbocycles. The molecule has 7 nitrogen and oxygen atoms in total. The number of pyridine rings is 1. The Bertz CT molecular complexity index is 1030. The van der Waals surface area contributed by atoms with Crippen molar-refractivity contribution >= 4 is 5.91 Å². The number of amides is 1. The number of aromatic nitrogens is 3. The van der Waals surface area contributed by atoms with Gasteiger partial charge in [0.1, 0.15) is 6.04 Å². The van der Waals surface area contributed by atoms with Crippen LogP contribution in [0, 0.1) is 12.3 Å². The number of likely N-dealkylation sites (tertiary alicyclic amines) is 2. The third kappa shape index (κ3) is 4.10. The molecule has 1 aromatic carbocycles. The predicted molar refractivity (Wildman–Crippen MR) is 115 cm³/mol. The van der Waals surface area contributed by atoms with Crippen LogP contribution in [0.15, 0.2) is 59.3 Å². The Morgan fingerprint density at radius 1 is 1.13 bits per heavy atom. The van der Waals surface area contributed by atoms with Crippen LogP contribution < -0.4 is 0 Å². The number of carbonyl (C=O) groups excluding carboxylic acids is 1. The summed E-state index contributed by atoms with van der Waals surface area (Å²) in [6.07, 6.45) is 6.29. The summed E-state index contributed by atoms with van der Waals surface area (Å²) in [5, 5.41) is 8.28. The first-order valence-corrected chi connectivity index (χ1v) is 10.9. The van der Waals surface area contributed by atoms with Crippen LogP contribution in [0.5, 0.6) is 0 Å². The van der Waals surface area contributed by atoms with Crippen molar-refractivity contribution in [3.8, 4) is 0 Å². The van der Waals surface area contributed by atoms with E-state index < -0.39 is 0 Å². The van der Waals surface area contributed by atoms with Gasteiger partial charge in [0.2, 0.25) is 11.8 Å². The highest BCUT2D eigenvalue weighted by Gasteiger charge is 2.49. The molecule has 2 aromatic heterocycles. The van der Waals surface area contributed by atoms with Gasteiger partial charge in [-0.1, -0.05) is 30.3 Å². The van der Waals surface area contributed by atoms with E-state index in [0.717, 1.165) is 38.9 Å². The third-order valence-corrected chi connectivity index (χ3v) is 6.67. The second-order valence-corrected chi connectivity index (χ2v) is 8.82. The van der Waals surface area contributed by atoms with Crippen LogP contribution in [0.25, 0.3) is 0 Å². The third-order valence-electron chi connectivity index (χ3n) is 6.67. The molecule has 7 heteroatoms. The van der Waals surface area contributed by atoms with Gasteiger partial charge in [-0.3, -0.25) is 14.7 Å². The fourth-order valence-corrected chi connectivity index (χ4v) is 4.98. The molecule has 0 N–H and O–H groups in total. The highest BCUT2D eigenvalue weighted by Crippen LogP contribution is 2.49. The second-order valence-electron chi connectivity index (χ2n) is 8.82. The number of aryl methyl sites for hydroxylation is 1. The Balaban J connectivity index is 1.34. The zero-order valence-corrected chi connectivity index (χ0v) is 17.8. The molecule has 0 aliphatic carbocycles. The average Bonchev–Trinajstić information content (AvgIpc) is 3.40. The van der Waals surface area contributed by atoms with Gasteiger partial charge in [-0.05, 0) is 55.5 Å². The summed E-state index contributed by atoms with van der Waals surface area (Å²) in [6.45, 7) is 5.53. The number of rotatable bonds is 4. The smallest absolute Gasteiger partial charge is 0.256 e. The van der Waals surface area contributed by atoms with E-state index in [2.05, 4.69) is 50.4 Å². The molecule has 0 bridgehead atoms. The van der Waals surface area contributed by atoms with Gasteiger partial charge in [0, 0.05) is 32.4 Å². The van der Waals surface area contributed by atoms with Gasteiger partial charge in [-0.2, -0.15) is 0 Å². The first-order chi connectivity index (χ1) is 15.1. The van der Waals surface area contributed by atoms with E-state index >= 15 is 0 Å². The van der Waals surface area contributed by atoms with Crippen LogP contribution >= 0.6 is 0 Å². The minimum Gasteiger partial charge on any atom is -0.423 e. The monoisotopic (exact) mass is 417 g/mol. The zero-order chi connectivity index (χ0) is 21.3. The van der Waals surface area contributed by atoms with Crippen LogP contribution in [0.1, 0.15) is 53.0 Å². The first kappa shape index (κ1) is 19.9. The Hall–Kier alpha value is -3.06. The average molecular weight is 418 g/mol. The number of benzene rings is 1. The molecule has 31 heavy (non-hydrogen) atoms. The molecule has 160 valence electrons. The lowest BCUT2D eigenvalue weighted by Gasteiger charge is -2.39. The van der Waals surface area contributed by atoms with Crippen molar-refractivity contribution in [1.82, 2.24) is 25.0 Å². The Kier molecular flexibility index (Phi) is 5.28. The maximum absolute atomic E-state index is 13.4. The SMILES string of the molecule is Cc1nnc(C2CC3(CCN(Cc4ccccc4)CC3)CN2C(=O)c2cccnc2)o1. The summed E-state index contributed by atoms with van der Waals surface area (Å²) in [4.78, 5) is 21.9. The molecule has 4 heterocycles. The molecule has 5 rings (SSSR count). The van der Waals surface area contributed by atoms with Crippen molar-refractivity contribution in [2.75, 3.05) is 19.6 Å². The summed E-state index contributed by atoms with van der Waals surface area (Å²) < 4.78 is 5.78. The van der Waals surface area contributed by atoms with Gasteiger partial charge in [0.25, 0.3) is 5.91 Å². The fraction of sp³-hybridized carbons (Fsp3) is 0.417. The van der Waals surface area contributed by atoms with Crippen LogP contribution in [0.4, 0.5) is 0 Å². The van der Waals surface area contributed by atoms with Gasteiger partial charge in [0.05, 0.1) is 5.56 Å². The topological polar surface area (TPSA) is 75.4 Å². The first-order valence-electron chi connectivity index (χ1n) is 10.9. The number of piperidine rings is 1. The molecular weight excluding hydrogens is 390 g/mol. The molecule has 1 atom stereocenters. The molecule has 2 aliphatic heterocycles. The van der Waals surface area contributed by atoms with E-state index in [1.807, 2.05) is 11.0 Å². The van der Waals surface area contributed by atoms with E-state index in [0.29, 0.717) is 23.9 Å². The minimum absolute atomic E-state index is 0.0162. The van der Waals surface area contributed by atoms with E-state index in [4.69, 9.17) is 4.42 Å².